The summed E-state index contributed by atoms with van der Waals surface area (Å²) in [6, 6.07) is 19.4. The lowest BCUT2D eigenvalue weighted by Crippen LogP contribution is -2.18. The van der Waals surface area contributed by atoms with Gasteiger partial charge in [-0.3, -0.25) is 0 Å². The Morgan fingerprint density at radius 2 is 1.79 bits per heavy atom. The van der Waals surface area contributed by atoms with Crippen LogP contribution in [0.2, 0.25) is 0 Å². The van der Waals surface area contributed by atoms with Crippen LogP contribution in [0.1, 0.15) is 5.56 Å². The summed E-state index contributed by atoms with van der Waals surface area (Å²) in [6.07, 6.45) is 0. The number of aromatic nitrogens is 3. The maximum absolute atomic E-state index is 13.1. The van der Waals surface area contributed by atoms with Gasteiger partial charge in [0.25, 0.3) is 10.0 Å². The van der Waals surface area contributed by atoms with Gasteiger partial charge in [0.15, 0.2) is 5.82 Å². The molecule has 0 spiro atoms. The second-order valence-electron chi connectivity index (χ2n) is 6.10. The average Bonchev–Trinajstić information content (AvgIpc) is 3.43. The number of methoxy groups -OCH3 is 1. The molecular formula is C20H18N4O3S2. The highest BCUT2D eigenvalue weighted by Gasteiger charge is 2.24. The van der Waals surface area contributed by atoms with Gasteiger partial charge in [-0.05, 0) is 41.3 Å². The molecule has 2 aromatic carbocycles. The zero-order valence-corrected chi connectivity index (χ0v) is 17.2. The van der Waals surface area contributed by atoms with Crippen molar-refractivity contribution in [2.45, 2.75) is 11.4 Å². The number of ether oxygens (including phenoxy) is 1. The van der Waals surface area contributed by atoms with Gasteiger partial charge in [-0.15, -0.1) is 20.5 Å². The second-order valence-corrected chi connectivity index (χ2v) is 8.81. The highest BCUT2D eigenvalue weighted by Crippen LogP contribution is 2.26. The maximum Gasteiger partial charge on any atom is 0.286 e. The molecule has 0 aliphatic carbocycles. The molecule has 4 rings (SSSR count). The first kappa shape index (κ1) is 19.2. The molecule has 29 heavy (non-hydrogen) atoms. The van der Waals surface area contributed by atoms with E-state index >= 15 is 0 Å². The van der Waals surface area contributed by atoms with Crippen LogP contribution in [0.4, 0.5) is 5.95 Å². The zero-order valence-electron chi connectivity index (χ0n) is 15.5. The smallest absolute Gasteiger partial charge is 0.286 e. The molecule has 0 saturated carbocycles. The standard InChI is InChI=1S/C20H18N4O3S2/c1-27-16-11-9-15(10-12-16)14-21-20-22-19(18-8-5-13-28-18)23-24(20)29(25,26)17-6-3-2-4-7-17/h2-13H,14H2,1H3,(H,21,22,23). The molecule has 1 N–H and O–H groups in total. The van der Waals surface area contributed by atoms with Crippen LogP contribution in [0, 0.1) is 0 Å². The normalized spacial score (nSPS) is 11.3. The molecule has 9 heteroatoms. The van der Waals surface area contributed by atoms with E-state index in [1.54, 1.807) is 25.3 Å². The number of nitrogens with zero attached hydrogens (tertiary/aromatic N) is 3. The Kier molecular flexibility index (Phi) is 5.32. The van der Waals surface area contributed by atoms with E-state index in [0.717, 1.165) is 20.3 Å². The van der Waals surface area contributed by atoms with Crippen LogP contribution >= 0.6 is 11.3 Å². The Morgan fingerprint density at radius 1 is 1.03 bits per heavy atom. The lowest BCUT2D eigenvalue weighted by Gasteiger charge is -2.09. The van der Waals surface area contributed by atoms with Crippen molar-refractivity contribution >= 4 is 27.3 Å². The molecule has 0 bridgehead atoms. The molecular weight excluding hydrogens is 408 g/mol. The number of rotatable bonds is 7. The predicted molar refractivity (Wildman–Crippen MR) is 113 cm³/mol. The molecule has 0 amide bonds. The summed E-state index contributed by atoms with van der Waals surface area (Å²) in [5.41, 5.74) is 0.954. The fraction of sp³-hybridized carbons (Fsp3) is 0.100. The van der Waals surface area contributed by atoms with E-state index in [1.165, 1.54) is 23.5 Å². The van der Waals surface area contributed by atoms with Crippen LogP contribution in [-0.2, 0) is 16.6 Å². The fourth-order valence-electron chi connectivity index (χ4n) is 2.70. The van der Waals surface area contributed by atoms with Crippen molar-refractivity contribution in [2.24, 2.45) is 0 Å². The van der Waals surface area contributed by atoms with Crippen molar-refractivity contribution in [1.29, 1.82) is 0 Å². The van der Waals surface area contributed by atoms with E-state index in [9.17, 15) is 8.42 Å². The highest BCUT2D eigenvalue weighted by atomic mass is 32.2. The van der Waals surface area contributed by atoms with Crippen molar-refractivity contribution in [3.8, 4) is 16.5 Å². The summed E-state index contributed by atoms with van der Waals surface area (Å²) in [4.78, 5) is 5.38. The van der Waals surface area contributed by atoms with Gasteiger partial charge in [0.05, 0.1) is 16.9 Å². The molecule has 0 fully saturated rings. The SMILES string of the molecule is COc1ccc(CNc2nc(-c3cccs3)nn2S(=O)(=O)c2ccccc2)cc1. The van der Waals surface area contributed by atoms with Crippen LogP contribution in [-0.4, -0.2) is 29.7 Å². The third-order valence-corrected chi connectivity index (χ3v) is 6.64. The summed E-state index contributed by atoms with van der Waals surface area (Å²) < 4.78 is 32.4. The Morgan fingerprint density at radius 3 is 2.45 bits per heavy atom. The molecule has 0 radical (unpaired) electrons. The number of benzene rings is 2. The predicted octanol–water partition coefficient (Wildman–Crippen LogP) is 3.86. The summed E-state index contributed by atoms with van der Waals surface area (Å²) in [5.74, 6) is 1.27. The third kappa shape index (κ3) is 4.01. The average molecular weight is 427 g/mol. The minimum atomic E-state index is -3.89. The zero-order chi connectivity index (χ0) is 20.3. The minimum Gasteiger partial charge on any atom is -0.497 e. The highest BCUT2D eigenvalue weighted by molar-refractivity contribution is 7.90. The van der Waals surface area contributed by atoms with E-state index in [-0.39, 0.29) is 10.8 Å². The molecule has 148 valence electrons. The summed E-state index contributed by atoms with van der Waals surface area (Å²) in [6.45, 7) is 0.386. The number of anilines is 1. The molecule has 0 saturated heterocycles. The second kappa shape index (κ2) is 8.06. The van der Waals surface area contributed by atoms with Gasteiger partial charge in [0.1, 0.15) is 5.75 Å². The molecule has 0 aliphatic rings. The summed E-state index contributed by atoms with van der Waals surface area (Å²) in [7, 11) is -2.28. The molecule has 0 unspecified atom stereocenters. The van der Waals surface area contributed by atoms with Crippen molar-refractivity contribution in [2.75, 3.05) is 12.4 Å². The lowest BCUT2D eigenvalue weighted by molar-refractivity contribution is 0.414. The van der Waals surface area contributed by atoms with Crippen LogP contribution < -0.4 is 10.1 Å². The maximum atomic E-state index is 13.1. The van der Waals surface area contributed by atoms with E-state index < -0.39 is 10.0 Å². The Bertz CT molecular complexity index is 1190. The third-order valence-electron chi connectivity index (χ3n) is 4.20. The topological polar surface area (TPSA) is 86.1 Å². The number of thiophene rings is 1. The molecule has 2 heterocycles. The van der Waals surface area contributed by atoms with Crippen LogP contribution in [0.5, 0.6) is 5.75 Å². The molecule has 4 aromatic rings. The van der Waals surface area contributed by atoms with Gasteiger partial charge in [-0.25, -0.2) is 0 Å². The van der Waals surface area contributed by atoms with Gasteiger partial charge in [-0.1, -0.05) is 36.4 Å². The van der Waals surface area contributed by atoms with E-state index in [4.69, 9.17) is 4.74 Å². The molecule has 0 aliphatic heterocycles. The summed E-state index contributed by atoms with van der Waals surface area (Å²) in [5, 5.41) is 9.28. The largest absolute Gasteiger partial charge is 0.497 e. The Hall–Kier alpha value is -3.17. The van der Waals surface area contributed by atoms with Crippen molar-refractivity contribution in [1.82, 2.24) is 14.2 Å². The van der Waals surface area contributed by atoms with Crippen molar-refractivity contribution in [3.63, 3.8) is 0 Å². The van der Waals surface area contributed by atoms with Crippen molar-refractivity contribution < 1.29 is 13.2 Å². The van der Waals surface area contributed by atoms with Gasteiger partial charge in [-0.2, -0.15) is 13.4 Å². The first-order valence-corrected chi connectivity index (χ1v) is 11.1. The van der Waals surface area contributed by atoms with Gasteiger partial charge in [0, 0.05) is 6.54 Å². The first-order chi connectivity index (χ1) is 14.1. The van der Waals surface area contributed by atoms with E-state index in [0.29, 0.717) is 12.4 Å². The van der Waals surface area contributed by atoms with Crippen molar-refractivity contribution in [3.05, 3.63) is 77.7 Å². The Labute approximate surface area is 172 Å². The molecule has 7 nitrogen and oxygen atoms in total. The van der Waals surface area contributed by atoms with Gasteiger partial charge < -0.3 is 10.1 Å². The van der Waals surface area contributed by atoms with Crippen LogP contribution in [0.25, 0.3) is 10.7 Å². The number of nitrogens with one attached hydrogen (secondary N) is 1. The van der Waals surface area contributed by atoms with Gasteiger partial charge in [0.2, 0.25) is 5.95 Å². The first-order valence-electron chi connectivity index (χ1n) is 8.76. The van der Waals surface area contributed by atoms with E-state index in [1.807, 2.05) is 41.8 Å². The van der Waals surface area contributed by atoms with Crippen LogP contribution in [0.15, 0.2) is 77.0 Å². The lowest BCUT2D eigenvalue weighted by atomic mass is 10.2. The van der Waals surface area contributed by atoms with Gasteiger partial charge >= 0.3 is 0 Å². The minimum absolute atomic E-state index is 0.148. The molecule has 2 aromatic heterocycles. The van der Waals surface area contributed by atoms with Crippen LogP contribution in [0.3, 0.4) is 0 Å². The number of hydrogen-bond acceptors (Lipinski definition) is 7. The fourth-order valence-corrected chi connectivity index (χ4v) is 4.57. The number of hydrogen-bond donors (Lipinski definition) is 1. The molecule has 0 atom stereocenters. The summed E-state index contributed by atoms with van der Waals surface area (Å²) >= 11 is 1.45. The Balaban J connectivity index is 1.69. The van der Waals surface area contributed by atoms with E-state index in [2.05, 4.69) is 15.4 Å². The quantitative estimate of drug-likeness (QED) is 0.483. The monoisotopic (exact) mass is 426 g/mol.